The molecule has 0 aromatic heterocycles. The molecule has 0 amide bonds. The van der Waals surface area contributed by atoms with Crippen LogP contribution in [0.15, 0.2) is 40.5 Å². The van der Waals surface area contributed by atoms with Gasteiger partial charge in [0.25, 0.3) is 0 Å². The maximum atomic E-state index is 4.98. The van der Waals surface area contributed by atoms with Gasteiger partial charge in [0.05, 0.1) is 6.21 Å². The van der Waals surface area contributed by atoms with Crippen molar-refractivity contribution in [1.29, 1.82) is 0 Å². The normalized spacial score (nSPS) is 10.5. The molecule has 0 heterocycles. The van der Waals surface area contributed by atoms with Gasteiger partial charge in [0.2, 0.25) is 0 Å². The van der Waals surface area contributed by atoms with Crippen molar-refractivity contribution < 1.29 is 17.1 Å². The van der Waals surface area contributed by atoms with Crippen LogP contribution in [-0.2, 0) is 17.1 Å². The predicted molar refractivity (Wildman–Crippen MR) is 91.1 cm³/mol. The van der Waals surface area contributed by atoms with Crippen molar-refractivity contribution in [1.82, 2.24) is 21.5 Å². The van der Waals surface area contributed by atoms with Crippen LogP contribution in [0.3, 0.4) is 0 Å². The Bertz CT molecular complexity index is 518. The molecular weight excluding hydrogens is 356 g/mol. The summed E-state index contributed by atoms with van der Waals surface area (Å²) in [6, 6.07) is 9.61. The van der Waals surface area contributed by atoms with Gasteiger partial charge in [-0.3, -0.25) is 10.9 Å². The Morgan fingerprint density at radius 3 is 2.14 bits per heavy atom. The van der Waals surface area contributed by atoms with Crippen LogP contribution < -0.4 is 21.5 Å². The van der Waals surface area contributed by atoms with E-state index in [9.17, 15) is 0 Å². The summed E-state index contributed by atoms with van der Waals surface area (Å²) in [7, 11) is 3.43. The number of rotatable bonds is 4. The third-order valence-corrected chi connectivity index (χ3v) is 2.75. The summed E-state index contributed by atoms with van der Waals surface area (Å²) in [5.41, 5.74) is 6.91. The van der Waals surface area contributed by atoms with Crippen LogP contribution in [0, 0.1) is 0 Å². The largest absolute Gasteiger partial charge is 0.364 e. The number of hydrazone groups is 2. The molecule has 9 heteroatoms. The molecule has 0 unspecified atom stereocenters. The van der Waals surface area contributed by atoms with E-state index in [0.717, 1.165) is 5.56 Å². The van der Waals surface area contributed by atoms with E-state index in [1.807, 2.05) is 30.3 Å². The van der Waals surface area contributed by atoms with Crippen LogP contribution in [0.25, 0.3) is 0 Å². The Morgan fingerprint density at radius 1 is 1.00 bits per heavy atom. The number of nitrogens with one attached hydrogen (secondary N) is 4. The molecule has 0 aliphatic rings. The molecule has 1 aromatic rings. The fourth-order valence-corrected chi connectivity index (χ4v) is 1.25. The average Bonchev–Trinajstić information content (AvgIpc) is 2.50. The first kappa shape index (κ1) is 19.5. The molecule has 1 radical (unpaired) electrons. The van der Waals surface area contributed by atoms with Crippen LogP contribution in [-0.4, -0.2) is 36.2 Å². The van der Waals surface area contributed by atoms with Crippen LogP contribution in [0.4, 0.5) is 0 Å². The summed E-state index contributed by atoms with van der Waals surface area (Å²) >= 11 is 9.90. The molecule has 21 heavy (non-hydrogen) atoms. The molecule has 0 aliphatic carbocycles. The molecule has 4 N–H and O–H groups in total. The second-order valence-electron chi connectivity index (χ2n) is 3.50. The standard InChI is InChI=1S/C12H16N6S2.Cu/c1-13-11(19)17-15-8-10(16-18-12(20)14-2)9-6-4-3-5-7-9;/h3-8H,1-2H3,(H2,13,17,19)(H2,14,18,20);. The van der Waals surface area contributed by atoms with Crippen LogP contribution in [0.1, 0.15) is 5.56 Å². The number of nitrogens with zero attached hydrogens (tertiary/aromatic N) is 2. The van der Waals surface area contributed by atoms with Crippen LogP contribution in [0.2, 0.25) is 0 Å². The molecule has 0 aliphatic heterocycles. The van der Waals surface area contributed by atoms with Crippen LogP contribution >= 0.6 is 24.4 Å². The van der Waals surface area contributed by atoms with Crippen molar-refractivity contribution in [3.63, 3.8) is 0 Å². The Hall–Kier alpha value is -1.54. The van der Waals surface area contributed by atoms with Gasteiger partial charge in [-0.25, -0.2) is 0 Å². The van der Waals surface area contributed by atoms with Crippen molar-refractivity contribution in [3.8, 4) is 0 Å². The van der Waals surface area contributed by atoms with Crippen molar-refractivity contribution in [2.45, 2.75) is 0 Å². The Balaban J connectivity index is 0.00000400. The van der Waals surface area contributed by atoms with Gasteiger partial charge in [-0.05, 0) is 24.4 Å². The van der Waals surface area contributed by atoms with Crippen LogP contribution in [0.5, 0.6) is 0 Å². The van der Waals surface area contributed by atoms with E-state index < -0.39 is 0 Å². The zero-order valence-electron chi connectivity index (χ0n) is 11.5. The summed E-state index contributed by atoms with van der Waals surface area (Å²) in [5.74, 6) is 0. The fraction of sp³-hybridized carbons (Fsp3) is 0.167. The minimum absolute atomic E-state index is 0. The summed E-state index contributed by atoms with van der Waals surface area (Å²) < 4.78 is 0. The monoisotopic (exact) mass is 371 g/mol. The van der Waals surface area contributed by atoms with E-state index in [0.29, 0.717) is 15.9 Å². The Labute approximate surface area is 145 Å². The first-order valence-electron chi connectivity index (χ1n) is 5.79. The molecule has 0 saturated heterocycles. The summed E-state index contributed by atoms with van der Waals surface area (Å²) in [6.07, 6.45) is 1.56. The number of thiocarbonyl (C=S) groups is 2. The first-order chi connectivity index (χ1) is 9.67. The second-order valence-corrected chi connectivity index (χ2v) is 4.32. The summed E-state index contributed by atoms with van der Waals surface area (Å²) in [4.78, 5) is 0. The average molecular weight is 372 g/mol. The fourth-order valence-electron chi connectivity index (χ4n) is 1.15. The SMILES string of the molecule is CNC(=S)NN=CC(=NNC(=S)NC)c1ccccc1.[Cu]. The van der Waals surface area contributed by atoms with Gasteiger partial charge in [0.15, 0.2) is 10.2 Å². The third kappa shape index (κ3) is 7.72. The van der Waals surface area contributed by atoms with Crippen molar-refractivity contribution in [2.75, 3.05) is 14.1 Å². The zero-order chi connectivity index (χ0) is 14.8. The smallest absolute Gasteiger partial charge is 0.186 e. The molecule has 1 rings (SSSR count). The van der Waals surface area contributed by atoms with Crippen molar-refractivity contribution in [3.05, 3.63) is 35.9 Å². The number of hydrogen-bond donors (Lipinski definition) is 4. The quantitative estimate of drug-likeness (QED) is 0.268. The van der Waals surface area contributed by atoms with Gasteiger partial charge < -0.3 is 10.6 Å². The molecule has 0 bridgehead atoms. The Kier molecular flexibility index (Phi) is 10.3. The van der Waals surface area contributed by atoms with E-state index in [1.54, 1.807) is 20.3 Å². The van der Waals surface area contributed by atoms with Crippen molar-refractivity contribution >= 4 is 46.6 Å². The van der Waals surface area contributed by atoms with Gasteiger partial charge in [0, 0.05) is 36.7 Å². The van der Waals surface area contributed by atoms with Gasteiger partial charge in [0.1, 0.15) is 5.71 Å². The maximum absolute atomic E-state index is 4.98. The maximum Gasteiger partial charge on any atom is 0.186 e. The van der Waals surface area contributed by atoms with Gasteiger partial charge in [-0.2, -0.15) is 10.2 Å². The molecule has 0 fully saturated rings. The molecule has 0 saturated carbocycles. The van der Waals surface area contributed by atoms with E-state index in [4.69, 9.17) is 24.4 Å². The molecule has 0 atom stereocenters. The van der Waals surface area contributed by atoms with E-state index in [1.165, 1.54) is 0 Å². The van der Waals surface area contributed by atoms with Gasteiger partial charge >= 0.3 is 0 Å². The molecular formula is C12H16CuN6S2. The van der Waals surface area contributed by atoms with E-state index >= 15 is 0 Å². The predicted octanol–water partition coefficient (Wildman–Crippen LogP) is 0.562. The minimum Gasteiger partial charge on any atom is -0.364 e. The zero-order valence-corrected chi connectivity index (χ0v) is 14.1. The topological polar surface area (TPSA) is 72.8 Å². The van der Waals surface area contributed by atoms with Gasteiger partial charge in [-0.15, -0.1) is 0 Å². The number of benzene rings is 1. The third-order valence-electron chi connectivity index (χ3n) is 2.15. The molecule has 0 spiro atoms. The summed E-state index contributed by atoms with van der Waals surface area (Å²) in [6.45, 7) is 0. The summed E-state index contributed by atoms with van der Waals surface area (Å²) in [5, 5.41) is 14.6. The first-order valence-corrected chi connectivity index (χ1v) is 6.60. The minimum atomic E-state index is 0. The Morgan fingerprint density at radius 2 is 1.57 bits per heavy atom. The van der Waals surface area contributed by atoms with E-state index in [2.05, 4.69) is 31.7 Å². The molecule has 1 aromatic carbocycles. The van der Waals surface area contributed by atoms with E-state index in [-0.39, 0.29) is 17.1 Å². The van der Waals surface area contributed by atoms with Gasteiger partial charge in [-0.1, -0.05) is 30.3 Å². The molecule has 6 nitrogen and oxygen atoms in total. The number of hydrogen-bond acceptors (Lipinski definition) is 4. The second kappa shape index (κ2) is 11.2. The molecule has 117 valence electrons. The van der Waals surface area contributed by atoms with Crippen molar-refractivity contribution in [2.24, 2.45) is 10.2 Å².